The van der Waals surface area contributed by atoms with Crippen molar-refractivity contribution >= 4 is 0 Å². The Bertz CT molecular complexity index is 211. The van der Waals surface area contributed by atoms with Gasteiger partial charge in [-0.25, -0.2) is 0 Å². The fourth-order valence-corrected chi connectivity index (χ4v) is 3.38. The van der Waals surface area contributed by atoms with Crippen LogP contribution in [-0.4, -0.2) is 17.6 Å². The predicted molar refractivity (Wildman–Crippen MR) is 76.2 cm³/mol. The number of hydrogen-bond acceptors (Lipinski definition) is 2. The molecule has 1 unspecified atom stereocenters. The molecule has 0 amide bonds. The molecule has 17 heavy (non-hydrogen) atoms. The molecule has 1 atom stereocenters. The van der Waals surface area contributed by atoms with Gasteiger partial charge in [0.25, 0.3) is 0 Å². The Balaban J connectivity index is 2.67. The number of nitrogens with one attached hydrogen (secondary N) is 1. The lowest BCUT2D eigenvalue weighted by molar-refractivity contribution is 0.132. The van der Waals surface area contributed by atoms with E-state index in [9.17, 15) is 0 Å². The largest absolute Gasteiger partial charge is 0.326 e. The van der Waals surface area contributed by atoms with Crippen molar-refractivity contribution in [3.05, 3.63) is 0 Å². The van der Waals surface area contributed by atoms with Gasteiger partial charge < -0.3 is 11.1 Å². The van der Waals surface area contributed by atoms with Crippen molar-refractivity contribution in [2.45, 2.75) is 83.7 Å². The number of rotatable bonds is 6. The van der Waals surface area contributed by atoms with Crippen LogP contribution in [0.15, 0.2) is 0 Å². The lowest BCUT2D eigenvalue weighted by Gasteiger charge is -2.45. The lowest BCUT2D eigenvalue weighted by Crippen LogP contribution is -2.54. The normalized spacial score (nSPS) is 22.4. The van der Waals surface area contributed by atoms with E-state index in [4.69, 9.17) is 5.73 Å². The molecule has 2 heteroatoms. The van der Waals surface area contributed by atoms with Crippen molar-refractivity contribution in [1.82, 2.24) is 5.32 Å². The van der Waals surface area contributed by atoms with Gasteiger partial charge in [0, 0.05) is 11.1 Å². The molecular weight excluding hydrogens is 208 g/mol. The summed E-state index contributed by atoms with van der Waals surface area (Å²) in [5, 5.41) is 3.85. The van der Waals surface area contributed by atoms with Crippen LogP contribution in [0.3, 0.4) is 0 Å². The Morgan fingerprint density at radius 1 is 1.24 bits per heavy atom. The molecule has 102 valence electrons. The zero-order valence-electron chi connectivity index (χ0n) is 12.3. The van der Waals surface area contributed by atoms with Gasteiger partial charge in [0.05, 0.1) is 0 Å². The minimum absolute atomic E-state index is 0.0439. The quantitative estimate of drug-likeness (QED) is 0.746. The van der Waals surface area contributed by atoms with Crippen molar-refractivity contribution < 1.29 is 0 Å². The standard InChI is InChI=1S/C15H32N2/c1-5-11-17-15(9-7-6-8-10-15)13(2)12-14(3,4)16/h13,17H,5-12,16H2,1-4H3. The van der Waals surface area contributed by atoms with Gasteiger partial charge in [-0.15, -0.1) is 0 Å². The summed E-state index contributed by atoms with van der Waals surface area (Å²) in [4.78, 5) is 0. The molecule has 0 heterocycles. The summed E-state index contributed by atoms with van der Waals surface area (Å²) in [5.41, 5.74) is 6.52. The molecule has 0 spiro atoms. The van der Waals surface area contributed by atoms with Crippen LogP contribution in [0, 0.1) is 5.92 Å². The Kier molecular flexibility index (Phi) is 5.46. The highest BCUT2D eigenvalue weighted by Gasteiger charge is 2.38. The minimum atomic E-state index is -0.0439. The zero-order chi connectivity index (χ0) is 12.9. The molecule has 0 aromatic rings. The molecule has 0 bridgehead atoms. The highest BCUT2D eigenvalue weighted by molar-refractivity contribution is 4.97. The number of nitrogens with two attached hydrogens (primary N) is 1. The molecule has 0 saturated heterocycles. The third-order valence-electron chi connectivity index (χ3n) is 4.25. The summed E-state index contributed by atoms with van der Waals surface area (Å²) in [6.07, 6.45) is 9.19. The van der Waals surface area contributed by atoms with Gasteiger partial charge in [-0.1, -0.05) is 33.1 Å². The minimum Gasteiger partial charge on any atom is -0.326 e. The first kappa shape index (κ1) is 15.0. The highest BCUT2D eigenvalue weighted by atomic mass is 15.0. The van der Waals surface area contributed by atoms with Gasteiger partial charge in [-0.05, 0) is 52.0 Å². The van der Waals surface area contributed by atoms with Gasteiger partial charge >= 0.3 is 0 Å². The van der Waals surface area contributed by atoms with E-state index < -0.39 is 0 Å². The summed E-state index contributed by atoms with van der Waals surface area (Å²) < 4.78 is 0. The van der Waals surface area contributed by atoms with Crippen LogP contribution in [0.5, 0.6) is 0 Å². The van der Waals surface area contributed by atoms with Gasteiger partial charge in [0.15, 0.2) is 0 Å². The van der Waals surface area contributed by atoms with E-state index in [1.807, 2.05) is 0 Å². The van der Waals surface area contributed by atoms with Crippen molar-refractivity contribution in [3.8, 4) is 0 Å². The molecule has 0 aromatic carbocycles. The van der Waals surface area contributed by atoms with Crippen LogP contribution in [0.4, 0.5) is 0 Å². The number of hydrogen-bond donors (Lipinski definition) is 2. The summed E-state index contributed by atoms with van der Waals surface area (Å²) >= 11 is 0. The highest BCUT2D eigenvalue weighted by Crippen LogP contribution is 2.37. The third kappa shape index (κ3) is 4.59. The molecule has 1 fully saturated rings. The van der Waals surface area contributed by atoms with E-state index in [-0.39, 0.29) is 5.54 Å². The molecule has 1 aliphatic rings. The van der Waals surface area contributed by atoms with E-state index in [2.05, 4.69) is 33.0 Å². The van der Waals surface area contributed by atoms with Crippen LogP contribution in [0.2, 0.25) is 0 Å². The molecule has 1 saturated carbocycles. The van der Waals surface area contributed by atoms with E-state index in [0.29, 0.717) is 11.5 Å². The van der Waals surface area contributed by atoms with Gasteiger partial charge in [0.1, 0.15) is 0 Å². The van der Waals surface area contributed by atoms with Crippen LogP contribution in [-0.2, 0) is 0 Å². The predicted octanol–water partition coefficient (Wildman–Crippen LogP) is 3.45. The second-order valence-electron chi connectivity index (χ2n) is 6.74. The molecule has 3 N–H and O–H groups in total. The maximum atomic E-state index is 6.20. The zero-order valence-corrected chi connectivity index (χ0v) is 12.3. The molecule has 0 aliphatic heterocycles. The first-order chi connectivity index (χ1) is 7.90. The molecular formula is C15H32N2. The molecule has 2 nitrogen and oxygen atoms in total. The SMILES string of the molecule is CCCNC1(C(C)CC(C)(C)N)CCCCC1. The fourth-order valence-electron chi connectivity index (χ4n) is 3.38. The van der Waals surface area contributed by atoms with Gasteiger partial charge in [0.2, 0.25) is 0 Å². The van der Waals surface area contributed by atoms with Gasteiger partial charge in [-0.2, -0.15) is 0 Å². The van der Waals surface area contributed by atoms with E-state index in [0.717, 1.165) is 13.0 Å². The Morgan fingerprint density at radius 3 is 2.29 bits per heavy atom. The van der Waals surface area contributed by atoms with E-state index in [1.165, 1.54) is 38.5 Å². The van der Waals surface area contributed by atoms with E-state index in [1.54, 1.807) is 0 Å². The Labute approximate surface area is 108 Å². The van der Waals surface area contributed by atoms with Crippen LogP contribution in [0.1, 0.15) is 72.6 Å². The topological polar surface area (TPSA) is 38.0 Å². The smallest absolute Gasteiger partial charge is 0.0207 e. The average molecular weight is 240 g/mol. The summed E-state index contributed by atoms with van der Waals surface area (Å²) in [6, 6.07) is 0. The summed E-state index contributed by atoms with van der Waals surface area (Å²) in [5.74, 6) is 0.675. The van der Waals surface area contributed by atoms with Crippen molar-refractivity contribution in [2.75, 3.05) is 6.54 Å². The fraction of sp³-hybridized carbons (Fsp3) is 1.00. The third-order valence-corrected chi connectivity index (χ3v) is 4.25. The molecule has 1 rings (SSSR count). The molecule has 0 radical (unpaired) electrons. The summed E-state index contributed by atoms with van der Waals surface area (Å²) in [6.45, 7) is 10.1. The average Bonchev–Trinajstić information content (AvgIpc) is 2.25. The van der Waals surface area contributed by atoms with Crippen LogP contribution >= 0.6 is 0 Å². The Morgan fingerprint density at radius 2 is 1.82 bits per heavy atom. The lowest BCUT2D eigenvalue weighted by atomic mass is 9.70. The van der Waals surface area contributed by atoms with Crippen LogP contribution < -0.4 is 11.1 Å². The van der Waals surface area contributed by atoms with Gasteiger partial charge in [-0.3, -0.25) is 0 Å². The first-order valence-electron chi connectivity index (χ1n) is 7.43. The van der Waals surface area contributed by atoms with Crippen molar-refractivity contribution in [2.24, 2.45) is 11.7 Å². The monoisotopic (exact) mass is 240 g/mol. The van der Waals surface area contributed by atoms with Crippen LogP contribution in [0.25, 0.3) is 0 Å². The Hall–Kier alpha value is -0.0800. The first-order valence-corrected chi connectivity index (χ1v) is 7.43. The maximum absolute atomic E-state index is 6.20. The molecule has 1 aliphatic carbocycles. The maximum Gasteiger partial charge on any atom is 0.0207 e. The molecule has 0 aromatic heterocycles. The van der Waals surface area contributed by atoms with Crippen molar-refractivity contribution in [1.29, 1.82) is 0 Å². The second kappa shape index (κ2) is 6.19. The van der Waals surface area contributed by atoms with E-state index >= 15 is 0 Å². The summed E-state index contributed by atoms with van der Waals surface area (Å²) in [7, 11) is 0. The second-order valence-corrected chi connectivity index (χ2v) is 6.74. The van der Waals surface area contributed by atoms with Crippen molar-refractivity contribution in [3.63, 3.8) is 0 Å².